The SMILES string of the molecule is Cc1cccc(C)c1NS(=O)(=O)c1ccc(NC(=S)NC(=O)c2ccccc2Cl)cc1. The second kappa shape index (κ2) is 9.47. The molecule has 0 saturated carbocycles. The molecule has 0 heterocycles. The quantitative estimate of drug-likeness (QED) is 0.459. The first-order valence-electron chi connectivity index (χ1n) is 9.23. The van der Waals surface area contributed by atoms with Gasteiger partial charge in [-0.15, -0.1) is 0 Å². The number of rotatable bonds is 5. The summed E-state index contributed by atoms with van der Waals surface area (Å²) in [5, 5.41) is 5.77. The third kappa shape index (κ3) is 5.61. The van der Waals surface area contributed by atoms with Gasteiger partial charge in [0.25, 0.3) is 15.9 Å². The predicted molar refractivity (Wildman–Crippen MR) is 128 cm³/mol. The van der Waals surface area contributed by atoms with E-state index in [4.69, 9.17) is 23.8 Å². The summed E-state index contributed by atoms with van der Waals surface area (Å²) >= 11 is 11.2. The fourth-order valence-electron chi connectivity index (χ4n) is 2.86. The van der Waals surface area contributed by atoms with E-state index in [1.165, 1.54) is 12.1 Å². The summed E-state index contributed by atoms with van der Waals surface area (Å²) in [6.45, 7) is 3.69. The van der Waals surface area contributed by atoms with Crippen molar-refractivity contribution in [2.45, 2.75) is 18.7 Å². The van der Waals surface area contributed by atoms with Gasteiger partial charge >= 0.3 is 0 Å². The molecule has 3 aromatic carbocycles. The molecular weight excluding hydrogens is 454 g/mol. The number of carbonyl (C=O) groups is 1. The van der Waals surface area contributed by atoms with Gasteiger partial charge < -0.3 is 5.32 Å². The summed E-state index contributed by atoms with van der Waals surface area (Å²) in [4.78, 5) is 12.4. The maximum Gasteiger partial charge on any atom is 0.261 e. The number of amides is 1. The summed E-state index contributed by atoms with van der Waals surface area (Å²) in [7, 11) is -3.76. The van der Waals surface area contributed by atoms with Crippen molar-refractivity contribution >= 4 is 56.2 Å². The number of benzene rings is 3. The van der Waals surface area contributed by atoms with E-state index in [0.29, 0.717) is 22.0 Å². The highest BCUT2D eigenvalue weighted by molar-refractivity contribution is 7.92. The van der Waals surface area contributed by atoms with Gasteiger partial charge in [0.15, 0.2) is 5.11 Å². The first kappa shape index (κ1) is 22.7. The molecule has 0 atom stereocenters. The van der Waals surface area contributed by atoms with Gasteiger partial charge in [-0.1, -0.05) is 41.9 Å². The van der Waals surface area contributed by atoms with Gasteiger partial charge in [0.05, 0.1) is 21.2 Å². The summed E-state index contributed by atoms with van der Waals surface area (Å²) in [6.07, 6.45) is 0. The van der Waals surface area contributed by atoms with Gasteiger partial charge in [0.1, 0.15) is 0 Å². The van der Waals surface area contributed by atoms with E-state index in [1.807, 2.05) is 32.0 Å². The van der Waals surface area contributed by atoms with Crippen molar-refractivity contribution in [3.8, 4) is 0 Å². The largest absolute Gasteiger partial charge is 0.332 e. The molecule has 0 bridgehead atoms. The fraction of sp³-hybridized carbons (Fsp3) is 0.0909. The second-order valence-corrected chi connectivity index (χ2v) is 9.28. The summed E-state index contributed by atoms with van der Waals surface area (Å²) < 4.78 is 28.1. The predicted octanol–water partition coefficient (Wildman–Crippen LogP) is 4.88. The van der Waals surface area contributed by atoms with E-state index in [1.54, 1.807) is 36.4 Å². The molecular formula is C22H20ClN3O3S2. The number of sulfonamides is 1. The lowest BCUT2D eigenvalue weighted by Crippen LogP contribution is -2.34. The Labute approximate surface area is 191 Å². The van der Waals surface area contributed by atoms with Crippen molar-refractivity contribution in [3.63, 3.8) is 0 Å². The maximum absolute atomic E-state index is 12.7. The highest BCUT2D eigenvalue weighted by Gasteiger charge is 2.17. The summed E-state index contributed by atoms with van der Waals surface area (Å²) in [5.74, 6) is -0.444. The lowest BCUT2D eigenvalue weighted by Gasteiger charge is -2.14. The number of aryl methyl sites for hydroxylation is 2. The highest BCUT2D eigenvalue weighted by atomic mass is 35.5. The third-order valence-electron chi connectivity index (χ3n) is 4.49. The Morgan fingerprint density at radius 2 is 1.52 bits per heavy atom. The standard InChI is InChI=1S/C22H20ClN3O3S2/c1-14-6-5-7-15(2)20(14)26-31(28,29)17-12-10-16(11-13-17)24-22(30)25-21(27)18-8-3-4-9-19(18)23/h3-13,26H,1-2H3,(H2,24,25,27,30). The van der Waals surface area contributed by atoms with E-state index in [-0.39, 0.29) is 10.0 Å². The van der Waals surface area contributed by atoms with Crippen LogP contribution in [-0.2, 0) is 10.0 Å². The molecule has 0 radical (unpaired) electrons. The van der Waals surface area contributed by atoms with E-state index in [9.17, 15) is 13.2 Å². The number of anilines is 2. The molecule has 1 amide bonds. The molecule has 0 aromatic heterocycles. The molecule has 160 valence electrons. The molecule has 0 aliphatic rings. The van der Waals surface area contributed by atoms with Crippen LogP contribution in [-0.4, -0.2) is 19.4 Å². The first-order valence-corrected chi connectivity index (χ1v) is 11.5. The number of hydrogen-bond donors (Lipinski definition) is 3. The Hall–Kier alpha value is -2.94. The van der Waals surface area contributed by atoms with Crippen LogP contribution in [0.3, 0.4) is 0 Å². The van der Waals surface area contributed by atoms with Crippen molar-refractivity contribution in [2.75, 3.05) is 10.0 Å². The number of halogens is 1. The molecule has 6 nitrogen and oxygen atoms in total. The van der Waals surface area contributed by atoms with Crippen LogP contribution in [0.1, 0.15) is 21.5 Å². The molecule has 3 N–H and O–H groups in total. The van der Waals surface area contributed by atoms with Crippen LogP contribution in [0.4, 0.5) is 11.4 Å². The van der Waals surface area contributed by atoms with Gasteiger partial charge in [0.2, 0.25) is 0 Å². The van der Waals surface area contributed by atoms with Crippen LogP contribution in [0.2, 0.25) is 5.02 Å². The number of nitrogens with one attached hydrogen (secondary N) is 3. The minimum atomic E-state index is -3.76. The normalized spacial score (nSPS) is 10.9. The summed E-state index contributed by atoms with van der Waals surface area (Å²) in [5.41, 5.74) is 3.05. The zero-order valence-electron chi connectivity index (χ0n) is 16.8. The minimum Gasteiger partial charge on any atom is -0.332 e. The molecule has 3 rings (SSSR count). The van der Waals surface area contributed by atoms with Crippen molar-refractivity contribution in [3.05, 3.63) is 88.4 Å². The van der Waals surface area contributed by atoms with Gasteiger partial charge in [-0.3, -0.25) is 14.8 Å². The zero-order chi connectivity index (χ0) is 22.6. The second-order valence-electron chi connectivity index (χ2n) is 6.78. The number of para-hydroxylation sites is 1. The smallest absolute Gasteiger partial charge is 0.261 e. The van der Waals surface area contributed by atoms with E-state index >= 15 is 0 Å². The monoisotopic (exact) mass is 473 g/mol. The topological polar surface area (TPSA) is 87.3 Å². The van der Waals surface area contributed by atoms with Crippen molar-refractivity contribution in [1.82, 2.24) is 5.32 Å². The van der Waals surface area contributed by atoms with E-state index in [0.717, 1.165) is 11.1 Å². The summed E-state index contributed by atoms with van der Waals surface area (Å²) in [6, 6.07) is 18.2. The van der Waals surface area contributed by atoms with Crippen LogP contribution in [0.25, 0.3) is 0 Å². The van der Waals surface area contributed by atoms with E-state index in [2.05, 4.69) is 15.4 Å². The molecule has 0 saturated heterocycles. The Bertz CT molecular complexity index is 1220. The van der Waals surface area contributed by atoms with Gasteiger partial charge in [-0.25, -0.2) is 8.42 Å². The van der Waals surface area contributed by atoms with Crippen LogP contribution in [0, 0.1) is 13.8 Å². The Kier molecular flexibility index (Phi) is 6.94. The molecule has 0 spiro atoms. The van der Waals surface area contributed by atoms with Crippen LogP contribution < -0.4 is 15.4 Å². The lowest BCUT2D eigenvalue weighted by atomic mass is 10.1. The number of carbonyl (C=O) groups excluding carboxylic acids is 1. The number of thiocarbonyl (C=S) groups is 1. The number of hydrogen-bond acceptors (Lipinski definition) is 4. The zero-order valence-corrected chi connectivity index (χ0v) is 19.2. The Morgan fingerprint density at radius 1 is 0.903 bits per heavy atom. The highest BCUT2D eigenvalue weighted by Crippen LogP contribution is 2.24. The van der Waals surface area contributed by atoms with Crippen LogP contribution >= 0.6 is 23.8 Å². The molecule has 0 aliphatic carbocycles. The fourth-order valence-corrected chi connectivity index (χ4v) is 4.50. The van der Waals surface area contributed by atoms with Crippen molar-refractivity contribution in [2.24, 2.45) is 0 Å². The Morgan fingerprint density at radius 3 is 2.13 bits per heavy atom. The maximum atomic E-state index is 12.7. The van der Waals surface area contributed by atoms with Gasteiger partial charge in [-0.2, -0.15) is 0 Å². The van der Waals surface area contributed by atoms with Gasteiger partial charge in [0, 0.05) is 5.69 Å². The molecule has 0 unspecified atom stereocenters. The average Bonchev–Trinajstić information content (AvgIpc) is 2.71. The molecule has 0 aliphatic heterocycles. The minimum absolute atomic E-state index is 0.0641. The lowest BCUT2D eigenvalue weighted by molar-refractivity contribution is 0.0978. The molecule has 3 aromatic rings. The van der Waals surface area contributed by atoms with Gasteiger partial charge in [-0.05, 0) is 73.6 Å². The molecule has 31 heavy (non-hydrogen) atoms. The Balaban J connectivity index is 1.67. The average molecular weight is 474 g/mol. The van der Waals surface area contributed by atoms with Crippen molar-refractivity contribution < 1.29 is 13.2 Å². The molecule has 9 heteroatoms. The first-order chi connectivity index (χ1) is 14.7. The van der Waals surface area contributed by atoms with Crippen LogP contribution in [0.5, 0.6) is 0 Å². The van der Waals surface area contributed by atoms with E-state index < -0.39 is 15.9 Å². The van der Waals surface area contributed by atoms with Crippen LogP contribution in [0.15, 0.2) is 71.6 Å². The van der Waals surface area contributed by atoms with Crippen molar-refractivity contribution in [1.29, 1.82) is 0 Å². The molecule has 0 fully saturated rings. The third-order valence-corrected chi connectivity index (χ3v) is 6.38.